The molecule has 0 unspecified atom stereocenters. The molecule has 2 atom stereocenters. The van der Waals surface area contributed by atoms with E-state index in [2.05, 4.69) is 4.72 Å². The van der Waals surface area contributed by atoms with Crippen LogP contribution in [0.1, 0.15) is 31.0 Å². The van der Waals surface area contributed by atoms with Crippen LogP contribution >= 0.6 is 0 Å². The van der Waals surface area contributed by atoms with Crippen molar-refractivity contribution >= 4 is 10.0 Å². The van der Waals surface area contributed by atoms with Crippen molar-refractivity contribution in [3.05, 3.63) is 29.3 Å². The third kappa shape index (κ3) is 4.34. The standard InChI is InChI=1S/C13H18F3NO3S/c1-8-5-6-12(20-4)11(7-8)9(2)17-21(18,19)10(3)13(14,15)16/h5-7,9-10,17H,1-4H3/t9-,10+/m0/s1. The van der Waals surface area contributed by atoms with Gasteiger partial charge in [-0.1, -0.05) is 17.7 Å². The fraction of sp³-hybridized carbons (Fsp3) is 0.538. The molecule has 8 heteroatoms. The molecule has 0 aromatic heterocycles. The summed E-state index contributed by atoms with van der Waals surface area (Å²) in [6.45, 7) is 3.88. The Labute approximate surface area is 122 Å². The average Bonchev–Trinajstić information content (AvgIpc) is 2.36. The summed E-state index contributed by atoms with van der Waals surface area (Å²) in [4.78, 5) is 0. The number of rotatable bonds is 5. The lowest BCUT2D eigenvalue weighted by molar-refractivity contribution is -0.127. The van der Waals surface area contributed by atoms with Crippen molar-refractivity contribution in [3.63, 3.8) is 0 Å². The second-order valence-electron chi connectivity index (χ2n) is 4.81. The third-order valence-corrected chi connectivity index (χ3v) is 5.00. The predicted octanol–water partition coefficient (Wildman–Crippen LogP) is 2.93. The second kappa shape index (κ2) is 6.23. The zero-order valence-electron chi connectivity index (χ0n) is 12.2. The molecule has 0 heterocycles. The van der Waals surface area contributed by atoms with Crippen molar-refractivity contribution in [1.29, 1.82) is 0 Å². The molecule has 0 saturated heterocycles. The second-order valence-corrected chi connectivity index (χ2v) is 6.85. The predicted molar refractivity (Wildman–Crippen MR) is 73.7 cm³/mol. The third-order valence-electron chi connectivity index (χ3n) is 3.12. The van der Waals surface area contributed by atoms with Crippen LogP contribution in [0, 0.1) is 6.92 Å². The number of ether oxygens (including phenoxy) is 1. The van der Waals surface area contributed by atoms with Gasteiger partial charge in [0.15, 0.2) is 5.25 Å². The van der Waals surface area contributed by atoms with Crippen molar-refractivity contribution in [1.82, 2.24) is 4.72 Å². The topological polar surface area (TPSA) is 55.4 Å². The van der Waals surface area contributed by atoms with Crippen molar-refractivity contribution in [3.8, 4) is 5.75 Å². The molecule has 0 saturated carbocycles. The van der Waals surface area contributed by atoms with Crippen LogP contribution in [0.5, 0.6) is 5.75 Å². The summed E-state index contributed by atoms with van der Waals surface area (Å²) < 4.78 is 68.4. The summed E-state index contributed by atoms with van der Waals surface area (Å²) in [5.74, 6) is 0.412. The molecule has 1 aromatic carbocycles. The van der Waals surface area contributed by atoms with Gasteiger partial charge in [0.05, 0.1) is 7.11 Å². The van der Waals surface area contributed by atoms with Gasteiger partial charge in [-0.15, -0.1) is 0 Å². The van der Waals surface area contributed by atoms with Crippen LogP contribution < -0.4 is 9.46 Å². The lowest BCUT2D eigenvalue weighted by atomic mass is 10.1. The van der Waals surface area contributed by atoms with E-state index < -0.39 is 27.5 Å². The minimum Gasteiger partial charge on any atom is -0.496 e. The fourth-order valence-corrected chi connectivity index (χ4v) is 2.96. The van der Waals surface area contributed by atoms with E-state index in [1.807, 2.05) is 0 Å². The maximum atomic E-state index is 12.6. The van der Waals surface area contributed by atoms with Gasteiger partial charge in [-0.25, -0.2) is 13.1 Å². The number of aryl methyl sites for hydroxylation is 1. The molecular weight excluding hydrogens is 307 g/mol. The largest absolute Gasteiger partial charge is 0.496 e. The Kier molecular flexibility index (Phi) is 5.27. The molecule has 0 amide bonds. The molecule has 0 bridgehead atoms. The Morgan fingerprint density at radius 1 is 1.24 bits per heavy atom. The van der Waals surface area contributed by atoms with Crippen LogP contribution in [0.4, 0.5) is 13.2 Å². The monoisotopic (exact) mass is 325 g/mol. The summed E-state index contributed by atoms with van der Waals surface area (Å²) in [6, 6.07) is 4.24. The first-order valence-corrected chi connectivity index (χ1v) is 7.76. The molecule has 21 heavy (non-hydrogen) atoms. The van der Waals surface area contributed by atoms with E-state index in [4.69, 9.17) is 4.74 Å². The lowest BCUT2D eigenvalue weighted by Gasteiger charge is -2.22. The maximum absolute atomic E-state index is 12.6. The highest BCUT2D eigenvalue weighted by molar-refractivity contribution is 7.90. The molecule has 0 aliphatic heterocycles. The molecule has 120 valence electrons. The van der Waals surface area contributed by atoms with E-state index in [1.54, 1.807) is 25.1 Å². The number of benzene rings is 1. The van der Waals surface area contributed by atoms with E-state index >= 15 is 0 Å². The van der Waals surface area contributed by atoms with Crippen LogP contribution in [-0.4, -0.2) is 27.0 Å². The van der Waals surface area contributed by atoms with Crippen LogP contribution in [0.2, 0.25) is 0 Å². The quantitative estimate of drug-likeness (QED) is 0.905. The highest BCUT2D eigenvalue weighted by Gasteiger charge is 2.45. The summed E-state index contributed by atoms with van der Waals surface area (Å²) >= 11 is 0. The van der Waals surface area contributed by atoms with Gasteiger partial charge in [0.2, 0.25) is 10.0 Å². The van der Waals surface area contributed by atoms with E-state index in [9.17, 15) is 21.6 Å². The van der Waals surface area contributed by atoms with Crippen LogP contribution in [-0.2, 0) is 10.0 Å². The molecule has 1 rings (SSSR count). The highest BCUT2D eigenvalue weighted by Crippen LogP contribution is 2.29. The summed E-state index contributed by atoms with van der Waals surface area (Å²) in [5.41, 5.74) is 1.33. The first-order chi connectivity index (χ1) is 9.49. The summed E-state index contributed by atoms with van der Waals surface area (Å²) in [7, 11) is -3.12. The van der Waals surface area contributed by atoms with E-state index in [-0.39, 0.29) is 0 Å². The van der Waals surface area contributed by atoms with Crippen molar-refractivity contribution < 1.29 is 26.3 Å². The average molecular weight is 325 g/mol. The number of nitrogens with one attached hydrogen (secondary N) is 1. The van der Waals surface area contributed by atoms with Crippen LogP contribution in [0.15, 0.2) is 18.2 Å². The number of halogens is 3. The molecule has 0 radical (unpaired) electrons. The van der Waals surface area contributed by atoms with Gasteiger partial charge in [0.1, 0.15) is 5.75 Å². The maximum Gasteiger partial charge on any atom is 0.406 e. The normalized spacial score (nSPS) is 15.6. The van der Waals surface area contributed by atoms with Gasteiger partial charge in [0, 0.05) is 11.6 Å². The first kappa shape index (κ1) is 17.8. The molecule has 1 N–H and O–H groups in total. The number of hydrogen-bond donors (Lipinski definition) is 1. The highest BCUT2D eigenvalue weighted by atomic mass is 32.2. The Bertz CT molecular complexity index is 599. The van der Waals surface area contributed by atoms with Gasteiger partial charge in [-0.2, -0.15) is 13.2 Å². The zero-order valence-corrected chi connectivity index (χ0v) is 13.0. The number of sulfonamides is 1. The van der Waals surface area contributed by atoms with Crippen LogP contribution in [0.3, 0.4) is 0 Å². The Morgan fingerprint density at radius 2 is 1.81 bits per heavy atom. The molecule has 1 aromatic rings. The van der Waals surface area contributed by atoms with E-state index in [0.29, 0.717) is 18.2 Å². The van der Waals surface area contributed by atoms with Gasteiger partial charge in [-0.05, 0) is 26.8 Å². The number of alkyl halides is 3. The minimum atomic E-state index is -4.82. The minimum absolute atomic E-state index is 0.412. The van der Waals surface area contributed by atoms with Crippen molar-refractivity contribution in [2.24, 2.45) is 0 Å². The Hall–Kier alpha value is -1.28. The van der Waals surface area contributed by atoms with Gasteiger partial charge in [-0.3, -0.25) is 0 Å². The van der Waals surface area contributed by atoms with Crippen LogP contribution in [0.25, 0.3) is 0 Å². The van der Waals surface area contributed by atoms with E-state index in [1.165, 1.54) is 14.0 Å². The molecule has 4 nitrogen and oxygen atoms in total. The number of methoxy groups -OCH3 is 1. The van der Waals surface area contributed by atoms with Crippen molar-refractivity contribution in [2.75, 3.05) is 7.11 Å². The summed E-state index contributed by atoms with van der Waals surface area (Å²) in [6.07, 6.45) is -4.82. The van der Waals surface area contributed by atoms with Crippen molar-refractivity contribution in [2.45, 2.75) is 38.2 Å². The zero-order chi connectivity index (χ0) is 16.4. The molecular formula is C13H18F3NO3S. The van der Waals surface area contributed by atoms with Gasteiger partial charge < -0.3 is 4.74 Å². The number of hydrogen-bond acceptors (Lipinski definition) is 3. The smallest absolute Gasteiger partial charge is 0.406 e. The molecule has 0 spiro atoms. The molecule has 0 aliphatic carbocycles. The Balaban J connectivity index is 3.06. The first-order valence-electron chi connectivity index (χ1n) is 6.21. The lowest BCUT2D eigenvalue weighted by Crippen LogP contribution is -2.42. The van der Waals surface area contributed by atoms with Gasteiger partial charge >= 0.3 is 6.18 Å². The SMILES string of the molecule is COc1ccc(C)cc1[C@H](C)NS(=O)(=O)[C@H](C)C(F)(F)F. The molecule has 0 fully saturated rings. The fourth-order valence-electron chi connectivity index (χ4n) is 1.78. The summed E-state index contributed by atoms with van der Waals surface area (Å²) in [5, 5.41) is -2.48. The molecule has 0 aliphatic rings. The Morgan fingerprint density at radius 3 is 2.29 bits per heavy atom. The van der Waals surface area contributed by atoms with Gasteiger partial charge in [0.25, 0.3) is 0 Å². The van der Waals surface area contributed by atoms with E-state index in [0.717, 1.165) is 5.56 Å².